The second-order valence-electron chi connectivity index (χ2n) is 5.67. The van der Waals surface area contributed by atoms with Crippen LogP contribution in [0.5, 0.6) is 0 Å². The van der Waals surface area contributed by atoms with Gasteiger partial charge in [-0.2, -0.15) is 13.2 Å². The lowest BCUT2D eigenvalue weighted by Gasteiger charge is -2.17. The zero-order chi connectivity index (χ0) is 20.9. The number of rotatable bonds is 6. The second kappa shape index (κ2) is 8.57. The molecule has 0 unspecified atom stereocenters. The lowest BCUT2D eigenvalue weighted by Crippen LogP contribution is -2.30. The highest BCUT2D eigenvalue weighted by molar-refractivity contribution is 5.96. The van der Waals surface area contributed by atoms with Crippen LogP contribution in [-0.4, -0.2) is 15.9 Å². The summed E-state index contributed by atoms with van der Waals surface area (Å²) in [6, 6.07) is 4.96. The van der Waals surface area contributed by atoms with Gasteiger partial charge in [0.2, 0.25) is 0 Å². The van der Waals surface area contributed by atoms with E-state index >= 15 is 0 Å². The second-order valence-corrected chi connectivity index (χ2v) is 5.67. The SMILES string of the molecule is CCc1nc(C(=O)NCc2ccccc2C(F)(F)F)c(N)nc1N(N)/C=C\N. The molecule has 0 atom stereocenters. The zero-order valence-corrected chi connectivity index (χ0v) is 15.0. The van der Waals surface area contributed by atoms with Crippen LogP contribution < -0.4 is 27.6 Å². The number of amides is 1. The fourth-order valence-electron chi connectivity index (χ4n) is 2.46. The molecule has 0 aliphatic heterocycles. The minimum Gasteiger partial charge on any atom is -0.403 e. The molecule has 1 heterocycles. The van der Waals surface area contributed by atoms with Gasteiger partial charge < -0.3 is 16.8 Å². The fourth-order valence-corrected chi connectivity index (χ4v) is 2.46. The number of carbonyl (C=O) groups is 1. The Kier molecular flexibility index (Phi) is 6.41. The van der Waals surface area contributed by atoms with E-state index in [0.717, 1.165) is 11.1 Å². The van der Waals surface area contributed by atoms with Crippen molar-refractivity contribution >= 4 is 17.5 Å². The molecule has 0 aliphatic carbocycles. The van der Waals surface area contributed by atoms with E-state index < -0.39 is 17.6 Å². The first kappa shape index (κ1) is 21.0. The summed E-state index contributed by atoms with van der Waals surface area (Å²) in [4.78, 5) is 20.6. The first-order chi connectivity index (χ1) is 13.2. The number of alkyl halides is 3. The van der Waals surface area contributed by atoms with E-state index in [4.69, 9.17) is 17.3 Å². The predicted molar refractivity (Wildman–Crippen MR) is 98.4 cm³/mol. The first-order valence-electron chi connectivity index (χ1n) is 8.21. The highest BCUT2D eigenvalue weighted by atomic mass is 19.4. The highest BCUT2D eigenvalue weighted by Gasteiger charge is 2.33. The maximum Gasteiger partial charge on any atom is 0.416 e. The number of hydrazine groups is 1. The normalized spacial score (nSPS) is 11.6. The number of benzene rings is 1. The van der Waals surface area contributed by atoms with Gasteiger partial charge in [0.15, 0.2) is 17.3 Å². The van der Waals surface area contributed by atoms with Crippen LogP contribution in [0.25, 0.3) is 0 Å². The van der Waals surface area contributed by atoms with Crippen LogP contribution in [0.3, 0.4) is 0 Å². The maximum absolute atomic E-state index is 13.1. The molecule has 28 heavy (non-hydrogen) atoms. The van der Waals surface area contributed by atoms with Gasteiger partial charge in [-0.05, 0) is 18.1 Å². The molecule has 0 saturated carbocycles. The van der Waals surface area contributed by atoms with Crippen LogP contribution in [-0.2, 0) is 19.1 Å². The summed E-state index contributed by atoms with van der Waals surface area (Å²) in [6.45, 7) is 1.42. The van der Waals surface area contributed by atoms with Gasteiger partial charge in [-0.25, -0.2) is 15.8 Å². The third kappa shape index (κ3) is 4.68. The summed E-state index contributed by atoms with van der Waals surface area (Å²) >= 11 is 0. The van der Waals surface area contributed by atoms with Crippen molar-refractivity contribution in [1.29, 1.82) is 0 Å². The van der Waals surface area contributed by atoms with Crippen LogP contribution in [0.2, 0.25) is 0 Å². The zero-order valence-electron chi connectivity index (χ0n) is 15.0. The van der Waals surface area contributed by atoms with Gasteiger partial charge >= 0.3 is 6.18 Å². The van der Waals surface area contributed by atoms with E-state index in [1.807, 2.05) is 0 Å². The molecule has 0 spiro atoms. The van der Waals surface area contributed by atoms with Crippen molar-refractivity contribution in [2.75, 3.05) is 10.7 Å². The van der Waals surface area contributed by atoms with E-state index in [9.17, 15) is 18.0 Å². The number of hydrogen-bond donors (Lipinski definition) is 4. The molecule has 150 valence electrons. The summed E-state index contributed by atoms with van der Waals surface area (Å²) in [5, 5.41) is 3.49. The Morgan fingerprint density at radius 2 is 1.96 bits per heavy atom. The molecular formula is C17H20F3N7O. The Balaban J connectivity index is 2.26. The van der Waals surface area contributed by atoms with Crippen LogP contribution in [0.4, 0.5) is 24.8 Å². The molecule has 0 bridgehead atoms. The van der Waals surface area contributed by atoms with Gasteiger partial charge in [0, 0.05) is 18.9 Å². The summed E-state index contributed by atoms with van der Waals surface area (Å²) in [5.74, 6) is 5.02. The summed E-state index contributed by atoms with van der Waals surface area (Å²) in [5.41, 5.74) is 10.3. The minimum absolute atomic E-state index is 0.0802. The summed E-state index contributed by atoms with van der Waals surface area (Å²) < 4.78 is 39.2. The van der Waals surface area contributed by atoms with E-state index in [1.165, 1.54) is 30.6 Å². The topological polar surface area (TPSA) is 136 Å². The smallest absolute Gasteiger partial charge is 0.403 e. The van der Waals surface area contributed by atoms with E-state index in [2.05, 4.69) is 15.3 Å². The molecule has 1 amide bonds. The largest absolute Gasteiger partial charge is 0.416 e. The lowest BCUT2D eigenvalue weighted by atomic mass is 10.1. The minimum atomic E-state index is -4.53. The molecule has 1 aromatic heterocycles. The number of carbonyl (C=O) groups excluding carboxylic acids is 1. The summed E-state index contributed by atoms with van der Waals surface area (Å²) in [6.07, 6.45) is -1.63. The number of aryl methyl sites for hydroxylation is 1. The number of halogens is 3. The van der Waals surface area contributed by atoms with Gasteiger partial charge in [-0.15, -0.1) is 0 Å². The summed E-state index contributed by atoms with van der Waals surface area (Å²) in [7, 11) is 0. The van der Waals surface area contributed by atoms with Crippen molar-refractivity contribution in [2.24, 2.45) is 11.6 Å². The molecule has 0 radical (unpaired) electrons. The van der Waals surface area contributed by atoms with Crippen LogP contribution >= 0.6 is 0 Å². The van der Waals surface area contributed by atoms with Crippen molar-refractivity contribution in [1.82, 2.24) is 15.3 Å². The number of nitrogens with one attached hydrogen (secondary N) is 1. The molecule has 1 aromatic carbocycles. The average Bonchev–Trinajstić information content (AvgIpc) is 2.65. The molecule has 0 aliphatic rings. The van der Waals surface area contributed by atoms with Crippen LogP contribution in [0.1, 0.15) is 34.2 Å². The Hall–Kier alpha value is -3.34. The third-order valence-electron chi connectivity index (χ3n) is 3.78. The van der Waals surface area contributed by atoms with Gasteiger partial charge in [0.1, 0.15) is 0 Å². The van der Waals surface area contributed by atoms with E-state index in [0.29, 0.717) is 12.1 Å². The molecule has 11 heteroatoms. The molecule has 2 aromatic rings. The predicted octanol–water partition coefficient (Wildman–Crippen LogP) is 1.68. The molecular weight excluding hydrogens is 375 g/mol. The van der Waals surface area contributed by atoms with Crippen molar-refractivity contribution in [3.63, 3.8) is 0 Å². The van der Waals surface area contributed by atoms with Crippen molar-refractivity contribution in [3.8, 4) is 0 Å². The van der Waals surface area contributed by atoms with Gasteiger partial charge in [0.25, 0.3) is 5.91 Å². The third-order valence-corrected chi connectivity index (χ3v) is 3.78. The van der Waals surface area contributed by atoms with Crippen molar-refractivity contribution in [3.05, 3.63) is 59.2 Å². The van der Waals surface area contributed by atoms with E-state index in [-0.39, 0.29) is 29.4 Å². The number of anilines is 2. The Bertz CT molecular complexity index is 884. The molecule has 2 rings (SSSR count). The van der Waals surface area contributed by atoms with Crippen LogP contribution in [0.15, 0.2) is 36.7 Å². The standard InChI is InChI=1S/C17H20F3N7O/c1-2-12-15(27(23)8-7-21)26-14(22)13(25-12)16(28)24-9-10-5-3-4-6-11(10)17(18,19)20/h3-8H,2,9,21,23H2,1H3,(H2,22,26)(H,24,28)/b8-7-. The molecule has 8 nitrogen and oxygen atoms in total. The first-order valence-corrected chi connectivity index (χ1v) is 8.21. The molecule has 0 fully saturated rings. The number of aromatic nitrogens is 2. The Morgan fingerprint density at radius 1 is 1.29 bits per heavy atom. The lowest BCUT2D eigenvalue weighted by molar-refractivity contribution is -0.138. The Morgan fingerprint density at radius 3 is 2.57 bits per heavy atom. The quantitative estimate of drug-likeness (QED) is 0.431. The highest BCUT2D eigenvalue weighted by Crippen LogP contribution is 2.31. The maximum atomic E-state index is 13.1. The van der Waals surface area contributed by atoms with Gasteiger partial charge in [-0.3, -0.25) is 9.80 Å². The number of nitrogens with zero attached hydrogens (tertiary/aromatic N) is 3. The number of nitrogen functional groups attached to an aromatic ring is 1. The monoisotopic (exact) mass is 395 g/mol. The van der Waals surface area contributed by atoms with Gasteiger partial charge in [-0.1, -0.05) is 25.1 Å². The van der Waals surface area contributed by atoms with Crippen molar-refractivity contribution in [2.45, 2.75) is 26.1 Å². The number of hydrogen-bond acceptors (Lipinski definition) is 7. The Labute approximate surface area is 159 Å². The average molecular weight is 395 g/mol. The van der Waals surface area contributed by atoms with Crippen molar-refractivity contribution < 1.29 is 18.0 Å². The van der Waals surface area contributed by atoms with Crippen LogP contribution in [0, 0.1) is 0 Å². The van der Waals surface area contributed by atoms with Gasteiger partial charge in [0.05, 0.1) is 11.3 Å². The molecule has 7 N–H and O–H groups in total. The number of nitrogens with two attached hydrogens (primary N) is 3. The molecule has 0 saturated heterocycles. The van der Waals surface area contributed by atoms with E-state index in [1.54, 1.807) is 6.92 Å². The fraction of sp³-hybridized carbons (Fsp3) is 0.235.